The Hall–Kier alpha value is -5.00. The highest BCUT2D eigenvalue weighted by Gasteiger charge is 2.38. The van der Waals surface area contributed by atoms with Crippen molar-refractivity contribution in [2.75, 3.05) is 39.7 Å². The summed E-state index contributed by atoms with van der Waals surface area (Å²) < 4.78 is 79.9. The van der Waals surface area contributed by atoms with E-state index in [0.717, 1.165) is 23.2 Å². The molecule has 44 heavy (non-hydrogen) atoms. The minimum absolute atomic E-state index is 0.132. The Balaban J connectivity index is 0.000000574. The summed E-state index contributed by atoms with van der Waals surface area (Å²) in [6.07, 6.45) is -7.20. The molecule has 0 bridgehead atoms. The van der Waals surface area contributed by atoms with Gasteiger partial charge in [-0.3, -0.25) is 10.4 Å². The monoisotopic (exact) mass is 638 g/mol. The highest BCUT2D eigenvalue weighted by molar-refractivity contribution is 5.87. The predicted molar refractivity (Wildman–Crippen MR) is 142 cm³/mol. The van der Waals surface area contributed by atoms with Gasteiger partial charge < -0.3 is 29.3 Å². The summed E-state index contributed by atoms with van der Waals surface area (Å²) in [5.74, 6) is -4.24. The van der Waals surface area contributed by atoms with Gasteiger partial charge in [0.15, 0.2) is 0 Å². The van der Waals surface area contributed by atoms with Crippen LogP contribution < -0.4 is 14.8 Å². The average Bonchev–Trinajstić information content (AvgIpc) is 3.47. The second kappa shape index (κ2) is 17.2. The van der Waals surface area contributed by atoms with Crippen LogP contribution in [0.15, 0.2) is 54.9 Å². The summed E-state index contributed by atoms with van der Waals surface area (Å²) in [6.45, 7) is 1.36. The Morgan fingerprint density at radius 2 is 1.57 bits per heavy atom. The number of halogens is 6. The zero-order valence-electron chi connectivity index (χ0n) is 23.3. The number of carbonyl (C=O) groups is 3. The first-order chi connectivity index (χ1) is 20.4. The molecule has 0 fully saturated rings. The van der Waals surface area contributed by atoms with E-state index < -0.39 is 30.4 Å². The number of rotatable bonds is 9. The second-order valence-corrected chi connectivity index (χ2v) is 8.51. The van der Waals surface area contributed by atoms with Gasteiger partial charge in [-0.25, -0.2) is 14.4 Å². The molecular weight excluding hydrogens is 610 g/mol. The third kappa shape index (κ3) is 14.3. The Labute approximate surface area is 246 Å². The zero-order valence-corrected chi connectivity index (χ0v) is 23.3. The Kier molecular flexibility index (Phi) is 14.5. The number of nitrogens with zero attached hydrogens (tertiary/aromatic N) is 2. The molecule has 0 aliphatic carbocycles. The lowest BCUT2D eigenvalue weighted by Crippen LogP contribution is -2.21. The molecule has 0 saturated carbocycles. The number of carboxylic acid groups (broad SMARTS) is 2. The molecule has 0 aliphatic heterocycles. The van der Waals surface area contributed by atoms with Crippen LogP contribution >= 0.6 is 0 Å². The normalized spacial score (nSPS) is 10.9. The van der Waals surface area contributed by atoms with Crippen LogP contribution in [-0.2, 0) is 20.9 Å². The van der Waals surface area contributed by atoms with E-state index in [4.69, 9.17) is 34.0 Å². The first-order valence-corrected chi connectivity index (χ1v) is 12.0. The first kappa shape index (κ1) is 37.0. The molecule has 1 amide bonds. The third-order valence-corrected chi connectivity index (χ3v) is 4.84. The number of hydrogen-bond acceptors (Lipinski definition) is 8. The summed E-state index contributed by atoms with van der Waals surface area (Å²) >= 11 is 0. The Morgan fingerprint density at radius 1 is 0.955 bits per heavy atom. The molecule has 3 aromatic rings. The number of likely N-dealkylation sites (N-methyl/N-ethyl adjacent to an activating group) is 1. The van der Waals surface area contributed by atoms with Gasteiger partial charge in [0, 0.05) is 18.3 Å². The number of methoxy groups -OCH3 is 1. The van der Waals surface area contributed by atoms with Gasteiger partial charge in [-0.2, -0.15) is 31.4 Å². The van der Waals surface area contributed by atoms with Crippen LogP contribution in [-0.4, -0.2) is 90.1 Å². The molecule has 0 spiro atoms. The molecule has 18 heteroatoms. The topological polar surface area (TPSA) is 163 Å². The highest BCUT2D eigenvalue weighted by Crippen LogP contribution is 2.31. The SMILES string of the molecule is COc1cccc(COC(=O)Nc2ccc(-c3cn[nH]c3)cc2OCCN(C)C)c1.O=C(O)C(F)(F)F.O=C(O)C(F)(F)F. The number of aromatic amines is 1. The predicted octanol–water partition coefficient (Wildman–Crippen LogP) is 5.04. The van der Waals surface area contributed by atoms with E-state index in [1.807, 2.05) is 55.4 Å². The summed E-state index contributed by atoms with van der Waals surface area (Å²) in [6, 6.07) is 12.9. The molecule has 242 valence electrons. The number of H-pyrrole nitrogens is 1. The Morgan fingerprint density at radius 3 is 2.07 bits per heavy atom. The lowest BCUT2D eigenvalue weighted by molar-refractivity contribution is -0.193. The van der Waals surface area contributed by atoms with Gasteiger partial charge in [-0.05, 0) is 49.5 Å². The van der Waals surface area contributed by atoms with Crippen molar-refractivity contribution in [3.05, 3.63) is 60.4 Å². The number of carboxylic acids is 2. The van der Waals surface area contributed by atoms with E-state index in [1.54, 1.807) is 25.6 Å². The van der Waals surface area contributed by atoms with Crippen LogP contribution in [0.5, 0.6) is 11.5 Å². The van der Waals surface area contributed by atoms with Gasteiger partial charge in [-0.1, -0.05) is 18.2 Å². The molecule has 2 aromatic carbocycles. The lowest BCUT2D eigenvalue weighted by Gasteiger charge is -2.16. The lowest BCUT2D eigenvalue weighted by atomic mass is 10.1. The fourth-order valence-corrected chi connectivity index (χ4v) is 2.73. The van der Waals surface area contributed by atoms with Crippen molar-refractivity contribution in [3.63, 3.8) is 0 Å². The molecule has 4 N–H and O–H groups in total. The van der Waals surface area contributed by atoms with Crippen LogP contribution in [0, 0.1) is 0 Å². The molecule has 0 atom stereocenters. The third-order valence-electron chi connectivity index (χ3n) is 4.84. The van der Waals surface area contributed by atoms with E-state index >= 15 is 0 Å². The summed E-state index contributed by atoms with van der Waals surface area (Å²) in [7, 11) is 5.54. The molecule has 1 heterocycles. The van der Waals surface area contributed by atoms with Crippen molar-refractivity contribution < 1.29 is 65.1 Å². The van der Waals surface area contributed by atoms with Gasteiger partial charge >= 0.3 is 30.4 Å². The maximum Gasteiger partial charge on any atom is 0.490 e. The molecule has 0 unspecified atom stereocenters. The number of anilines is 1. The number of benzene rings is 2. The average molecular weight is 639 g/mol. The van der Waals surface area contributed by atoms with Crippen molar-refractivity contribution in [1.82, 2.24) is 15.1 Å². The van der Waals surface area contributed by atoms with Gasteiger partial charge in [-0.15, -0.1) is 0 Å². The van der Waals surface area contributed by atoms with Gasteiger partial charge in [0.2, 0.25) is 0 Å². The van der Waals surface area contributed by atoms with Crippen molar-refractivity contribution in [2.45, 2.75) is 19.0 Å². The number of aromatic nitrogens is 2. The van der Waals surface area contributed by atoms with Crippen LogP contribution in [0.1, 0.15) is 5.56 Å². The van der Waals surface area contributed by atoms with E-state index in [-0.39, 0.29) is 6.61 Å². The molecule has 3 rings (SSSR count). The van der Waals surface area contributed by atoms with E-state index in [1.165, 1.54) is 0 Å². The molecule has 0 saturated heterocycles. The molecular formula is C26H28F6N4O8. The van der Waals surface area contributed by atoms with Crippen LogP contribution in [0.2, 0.25) is 0 Å². The van der Waals surface area contributed by atoms with E-state index in [9.17, 15) is 31.1 Å². The minimum atomic E-state index is -5.08. The molecule has 1 aromatic heterocycles. The second-order valence-electron chi connectivity index (χ2n) is 8.51. The number of carbonyl (C=O) groups excluding carboxylic acids is 1. The van der Waals surface area contributed by atoms with Crippen molar-refractivity contribution >= 4 is 23.7 Å². The largest absolute Gasteiger partial charge is 0.497 e. The van der Waals surface area contributed by atoms with Gasteiger partial charge in [0.05, 0.1) is 19.0 Å². The number of ether oxygens (including phenoxy) is 3. The standard InChI is InChI=1S/C22H26N4O4.2C2HF3O2/c1-26(2)9-10-29-21-12-17(18-13-23-24-14-18)7-8-20(21)25-22(27)30-15-16-5-4-6-19(11-16)28-3;2*3-2(4,5)1(6)7/h4-8,11-14H,9-10,15H2,1-3H3,(H,23,24)(H,25,27);2*(H,6,7). The summed E-state index contributed by atoms with van der Waals surface area (Å²) in [5.41, 5.74) is 3.23. The first-order valence-electron chi connectivity index (χ1n) is 12.0. The number of amides is 1. The minimum Gasteiger partial charge on any atom is -0.497 e. The Bertz CT molecular complexity index is 1330. The summed E-state index contributed by atoms with van der Waals surface area (Å²) in [5, 5.41) is 23.8. The number of aliphatic carboxylic acids is 2. The van der Waals surface area contributed by atoms with Gasteiger partial charge in [0.1, 0.15) is 24.7 Å². The van der Waals surface area contributed by atoms with Crippen molar-refractivity contribution in [1.29, 1.82) is 0 Å². The van der Waals surface area contributed by atoms with E-state index in [2.05, 4.69) is 15.5 Å². The van der Waals surface area contributed by atoms with Gasteiger partial charge in [0.25, 0.3) is 0 Å². The fourth-order valence-electron chi connectivity index (χ4n) is 2.73. The maximum absolute atomic E-state index is 12.3. The van der Waals surface area contributed by atoms with Crippen LogP contribution in [0.4, 0.5) is 36.8 Å². The van der Waals surface area contributed by atoms with Crippen LogP contribution in [0.25, 0.3) is 11.1 Å². The number of hydrogen-bond donors (Lipinski definition) is 4. The summed E-state index contributed by atoms with van der Waals surface area (Å²) in [4.78, 5) is 32.2. The number of nitrogens with one attached hydrogen (secondary N) is 2. The smallest absolute Gasteiger partial charge is 0.490 e. The van der Waals surface area contributed by atoms with E-state index in [0.29, 0.717) is 23.8 Å². The maximum atomic E-state index is 12.3. The fraction of sp³-hybridized carbons (Fsp3) is 0.308. The van der Waals surface area contributed by atoms with Crippen molar-refractivity contribution in [3.8, 4) is 22.6 Å². The quantitative estimate of drug-likeness (QED) is 0.234. The molecule has 0 radical (unpaired) electrons. The highest BCUT2D eigenvalue weighted by atomic mass is 19.4. The zero-order chi connectivity index (χ0) is 33.5. The molecule has 0 aliphatic rings. The molecule has 12 nitrogen and oxygen atoms in total. The van der Waals surface area contributed by atoms with Crippen molar-refractivity contribution in [2.24, 2.45) is 0 Å². The number of alkyl halides is 6. The van der Waals surface area contributed by atoms with Crippen LogP contribution in [0.3, 0.4) is 0 Å².